The Morgan fingerprint density at radius 3 is 2.77 bits per heavy atom. The molecule has 13 heavy (non-hydrogen) atoms. The van der Waals surface area contributed by atoms with Gasteiger partial charge < -0.3 is 4.74 Å². The number of methoxy groups -OCH3 is 1. The number of rotatable bonds is 2. The molecule has 0 aliphatic carbocycles. The van der Waals surface area contributed by atoms with Crippen LogP contribution in [0.1, 0.15) is 5.56 Å². The zero-order valence-corrected chi connectivity index (χ0v) is 8.14. The van der Waals surface area contributed by atoms with Gasteiger partial charge in [0.05, 0.1) is 12.8 Å². The zero-order chi connectivity index (χ0) is 9.84. The first kappa shape index (κ1) is 9.69. The van der Waals surface area contributed by atoms with Gasteiger partial charge in [-0.2, -0.15) is 5.26 Å². The molecule has 0 amide bonds. The van der Waals surface area contributed by atoms with Gasteiger partial charge in [0.1, 0.15) is 5.75 Å². The number of benzene rings is 1. The van der Waals surface area contributed by atoms with Gasteiger partial charge in [-0.1, -0.05) is 11.6 Å². The fraction of sp³-hybridized carbons (Fsp3) is 0.222. The third-order valence-electron chi connectivity index (χ3n) is 1.67. The SMILES string of the molecule is COc1cc(Cl)c(C)cc1NC#N. The number of nitrogens with one attached hydrogen (secondary N) is 1. The van der Waals surface area contributed by atoms with E-state index < -0.39 is 0 Å². The summed E-state index contributed by atoms with van der Waals surface area (Å²) in [6.45, 7) is 1.87. The van der Waals surface area contributed by atoms with Crippen LogP contribution in [0.4, 0.5) is 5.69 Å². The third kappa shape index (κ3) is 2.04. The van der Waals surface area contributed by atoms with E-state index in [4.69, 9.17) is 21.6 Å². The standard InChI is InChI=1S/C9H9ClN2O/c1-6-3-8(12-5-11)9(13-2)4-7(6)10/h3-4,12H,1-2H3. The monoisotopic (exact) mass is 196 g/mol. The molecule has 0 aliphatic rings. The van der Waals surface area contributed by atoms with Crippen molar-refractivity contribution in [3.05, 3.63) is 22.7 Å². The number of hydrogen-bond donors (Lipinski definition) is 1. The maximum atomic E-state index is 8.45. The van der Waals surface area contributed by atoms with E-state index in [9.17, 15) is 0 Å². The van der Waals surface area contributed by atoms with Crippen molar-refractivity contribution in [2.24, 2.45) is 0 Å². The van der Waals surface area contributed by atoms with Crippen molar-refractivity contribution in [1.29, 1.82) is 5.26 Å². The molecule has 0 saturated carbocycles. The number of nitriles is 1. The van der Waals surface area contributed by atoms with E-state index in [1.54, 1.807) is 12.1 Å². The predicted molar refractivity (Wildman–Crippen MR) is 52.0 cm³/mol. The zero-order valence-electron chi connectivity index (χ0n) is 7.39. The molecule has 0 unspecified atom stereocenters. The molecule has 4 heteroatoms. The molecule has 0 heterocycles. The second-order valence-electron chi connectivity index (χ2n) is 2.54. The van der Waals surface area contributed by atoms with Crippen molar-refractivity contribution in [3.63, 3.8) is 0 Å². The molecule has 1 aromatic carbocycles. The van der Waals surface area contributed by atoms with Crippen LogP contribution in [0, 0.1) is 18.4 Å². The number of anilines is 1. The van der Waals surface area contributed by atoms with E-state index in [1.165, 1.54) is 7.11 Å². The molecule has 1 rings (SSSR count). The van der Waals surface area contributed by atoms with Crippen LogP contribution in [0.5, 0.6) is 5.75 Å². The van der Waals surface area contributed by atoms with Crippen LogP contribution < -0.4 is 10.1 Å². The minimum absolute atomic E-state index is 0.567. The number of nitrogens with zero attached hydrogens (tertiary/aromatic N) is 1. The van der Waals surface area contributed by atoms with E-state index in [-0.39, 0.29) is 0 Å². The van der Waals surface area contributed by atoms with E-state index in [1.807, 2.05) is 13.1 Å². The van der Waals surface area contributed by atoms with Crippen molar-refractivity contribution in [3.8, 4) is 11.9 Å². The first-order valence-electron chi connectivity index (χ1n) is 3.68. The Balaban J connectivity index is 3.18. The predicted octanol–water partition coefficient (Wildman–Crippen LogP) is 2.55. The molecule has 3 nitrogen and oxygen atoms in total. The Bertz CT molecular complexity index is 357. The van der Waals surface area contributed by atoms with Gasteiger partial charge >= 0.3 is 0 Å². The summed E-state index contributed by atoms with van der Waals surface area (Å²) in [6.07, 6.45) is 1.83. The van der Waals surface area contributed by atoms with Gasteiger partial charge in [0.2, 0.25) is 0 Å². The molecule has 0 fully saturated rings. The van der Waals surface area contributed by atoms with E-state index in [0.29, 0.717) is 16.5 Å². The summed E-state index contributed by atoms with van der Waals surface area (Å²) >= 11 is 5.87. The molecule has 1 aromatic rings. The number of hydrogen-bond acceptors (Lipinski definition) is 3. The molecule has 0 spiro atoms. The fourth-order valence-corrected chi connectivity index (χ4v) is 1.14. The second kappa shape index (κ2) is 4.01. The number of ether oxygens (including phenoxy) is 1. The van der Waals surface area contributed by atoms with Crippen molar-refractivity contribution in [2.45, 2.75) is 6.92 Å². The Labute approximate surface area is 81.9 Å². The molecule has 0 aromatic heterocycles. The topological polar surface area (TPSA) is 45.0 Å². The highest BCUT2D eigenvalue weighted by Crippen LogP contribution is 2.30. The van der Waals surface area contributed by atoms with Crippen LogP contribution in [-0.4, -0.2) is 7.11 Å². The van der Waals surface area contributed by atoms with E-state index in [2.05, 4.69) is 5.32 Å². The van der Waals surface area contributed by atoms with Crippen molar-refractivity contribution in [2.75, 3.05) is 12.4 Å². The quantitative estimate of drug-likeness (QED) is 0.584. The first-order valence-corrected chi connectivity index (χ1v) is 4.06. The Hall–Kier alpha value is -1.40. The fourth-order valence-electron chi connectivity index (χ4n) is 0.990. The smallest absolute Gasteiger partial charge is 0.181 e. The van der Waals surface area contributed by atoms with Gasteiger partial charge in [0.25, 0.3) is 0 Å². The summed E-state index contributed by atoms with van der Waals surface area (Å²) < 4.78 is 5.04. The van der Waals surface area contributed by atoms with Gasteiger partial charge in [-0.05, 0) is 18.6 Å². The highest BCUT2D eigenvalue weighted by molar-refractivity contribution is 6.31. The Morgan fingerprint density at radius 1 is 1.54 bits per heavy atom. The summed E-state index contributed by atoms with van der Waals surface area (Å²) in [5.74, 6) is 0.567. The van der Waals surface area contributed by atoms with Crippen LogP contribution in [-0.2, 0) is 0 Å². The lowest BCUT2D eigenvalue weighted by molar-refractivity contribution is 0.417. The van der Waals surface area contributed by atoms with Gasteiger partial charge in [0.15, 0.2) is 6.19 Å². The summed E-state index contributed by atoms with van der Waals surface area (Å²) in [5, 5.41) is 11.6. The number of aryl methyl sites for hydroxylation is 1. The van der Waals surface area contributed by atoms with Crippen LogP contribution in [0.25, 0.3) is 0 Å². The van der Waals surface area contributed by atoms with Crippen LogP contribution in [0.15, 0.2) is 12.1 Å². The average molecular weight is 197 g/mol. The van der Waals surface area contributed by atoms with Crippen molar-refractivity contribution >= 4 is 17.3 Å². The molecule has 68 valence electrons. The Morgan fingerprint density at radius 2 is 2.23 bits per heavy atom. The van der Waals surface area contributed by atoms with Crippen LogP contribution in [0.2, 0.25) is 5.02 Å². The molecule has 0 radical (unpaired) electrons. The third-order valence-corrected chi connectivity index (χ3v) is 2.08. The summed E-state index contributed by atoms with van der Waals surface area (Å²) in [6, 6.07) is 3.45. The molecule has 0 atom stereocenters. The summed E-state index contributed by atoms with van der Waals surface area (Å²) in [5.41, 5.74) is 1.53. The lowest BCUT2D eigenvalue weighted by atomic mass is 10.2. The highest BCUT2D eigenvalue weighted by atomic mass is 35.5. The molecular weight excluding hydrogens is 188 g/mol. The normalized spacial score (nSPS) is 9.08. The average Bonchev–Trinajstić information content (AvgIpc) is 2.11. The van der Waals surface area contributed by atoms with Gasteiger partial charge in [-0.3, -0.25) is 5.32 Å². The second-order valence-corrected chi connectivity index (χ2v) is 2.95. The van der Waals surface area contributed by atoms with Crippen LogP contribution >= 0.6 is 11.6 Å². The molecule has 1 N–H and O–H groups in total. The van der Waals surface area contributed by atoms with Crippen LogP contribution in [0.3, 0.4) is 0 Å². The summed E-state index contributed by atoms with van der Waals surface area (Å²) in [7, 11) is 1.53. The lowest BCUT2D eigenvalue weighted by Gasteiger charge is -2.08. The maximum absolute atomic E-state index is 8.45. The lowest BCUT2D eigenvalue weighted by Crippen LogP contribution is -1.94. The highest BCUT2D eigenvalue weighted by Gasteiger charge is 2.05. The van der Waals surface area contributed by atoms with Gasteiger partial charge in [-0.25, -0.2) is 0 Å². The molecule has 0 bridgehead atoms. The largest absolute Gasteiger partial charge is 0.495 e. The van der Waals surface area contributed by atoms with Gasteiger partial charge in [0, 0.05) is 11.1 Å². The first-order chi connectivity index (χ1) is 6.19. The minimum Gasteiger partial charge on any atom is -0.495 e. The molecule has 0 saturated heterocycles. The maximum Gasteiger partial charge on any atom is 0.181 e. The Kier molecular flexibility index (Phi) is 2.99. The van der Waals surface area contributed by atoms with Gasteiger partial charge in [-0.15, -0.1) is 0 Å². The van der Waals surface area contributed by atoms with E-state index >= 15 is 0 Å². The van der Waals surface area contributed by atoms with Crippen molar-refractivity contribution in [1.82, 2.24) is 0 Å². The molecule has 0 aliphatic heterocycles. The number of halogens is 1. The minimum atomic E-state index is 0.567. The van der Waals surface area contributed by atoms with Crippen molar-refractivity contribution < 1.29 is 4.74 Å². The molecular formula is C9H9ClN2O. The van der Waals surface area contributed by atoms with E-state index in [0.717, 1.165) is 5.56 Å². The summed E-state index contributed by atoms with van der Waals surface area (Å²) in [4.78, 5) is 0.